The van der Waals surface area contributed by atoms with E-state index in [9.17, 15) is 0 Å². The van der Waals surface area contributed by atoms with Crippen molar-refractivity contribution in [2.45, 2.75) is 6.54 Å². The Morgan fingerprint density at radius 1 is 1.33 bits per heavy atom. The Morgan fingerprint density at radius 2 is 2.07 bits per heavy atom. The van der Waals surface area contributed by atoms with Crippen molar-refractivity contribution < 1.29 is 4.52 Å². The van der Waals surface area contributed by atoms with Crippen molar-refractivity contribution in [2.24, 2.45) is 5.73 Å². The molecule has 1 aromatic carbocycles. The number of hydrogen-bond acceptors (Lipinski definition) is 4. The van der Waals surface area contributed by atoms with Crippen LogP contribution in [-0.2, 0) is 6.54 Å². The molecular formula is C11H9N3O. The number of aromatic nitrogens is 1. The molecule has 15 heavy (non-hydrogen) atoms. The third-order valence-electron chi connectivity index (χ3n) is 2.07. The third-order valence-corrected chi connectivity index (χ3v) is 2.07. The van der Waals surface area contributed by atoms with Crippen molar-refractivity contribution in [1.82, 2.24) is 5.16 Å². The molecule has 1 heterocycles. The fourth-order valence-electron chi connectivity index (χ4n) is 1.26. The van der Waals surface area contributed by atoms with Crippen LogP contribution in [0.15, 0.2) is 34.9 Å². The molecule has 0 amide bonds. The minimum atomic E-state index is 0.337. The molecule has 4 heteroatoms. The first kappa shape index (κ1) is 9.44. The summed E-state index contributed by atoms with van der Waals surface area (Å²) in [4.78, 5) is 0. The largest absolute Gasteiger partial charge is 0.359 e. The lowest BCUT2D eigenvalue weighted by atomic mass is 10.1. The van der Waals surface area contributed by atoms with Crippen LogP contribution in [0.4, 0.5) is 0 Å². The number of rotatable bonds is 2. The zero-order valence-corrected chi connectivity index (χ0v) is 7.97. The highest BCUT2D eigenvalue weighted by atomic mass is 16.5. The summed E-state index contributed by atoms with van der Waals surface area (Å²) in [7, 11) is 0. The van der Waals surface area contributed by atoms with E-state index in [-0.39, 0.29) is 0 Å². The normalized spacial score (nSPS) is 9.87. The van der Waals surface area contributed by atoms with Crippen LogP contribution in [0.3, 0.4) is 0 Å². The molecule has 0 saturated heterocycles. The van der Waals surface area contributed by atoms with E-state index < -0.39 is 0 Å². The van der Waals surface area contributed by atoms with Crippen LogP contribution >= 0.6 is 0 Å². The standard InChI is InChI=1S/C11H9N3O/c12-6-8-1-3-9(4-2-8)11-5-10(7-13)15-14-11/h1-5H,7,13H2. The van der Waals surface area contributed by atoms with Gasteiger partial charge in [0.1, 0.15) is 5.69 Å². The van der Waals surface area contributed by atoms with Crippen molar-refractivity contribution in [3.05, 3.63) is 41.7 Å². The van der Waals surface area contributed by atoms with E-state index in [0.717, 1.165) is 11.3 Å². The smallest absolute Gasteiger partial charge is 0.150 e. The topological polar surface area (TPSA) is 75.8 Å². The quantitative estimate of drug-likeness (QED) is 0.798. The van der Waals surface area contributed by atoms with E-state index in [2.05, 4.69) is 11.2 Å². The van der Waals surface area contributed by atoms with Gasteiger partial charge in [0, 0.05) is 11.6 Å². The molecule has 0 atom stereocenters. The maximum atomic E-state index is 8.64. The summed E-state index contributed by atoms with van der Waals surface area (Å²) in [6.45, 7) is 0.337. The van der Waals surface area contributed by atoms with Gasteiger partial charge >= 0.3 is 0 Å². The molecule has 2 aromatic rings. The highest BCUT2D eigenvalue weighted by molar-refractivity contribution is 5.59. The predicted octanol–water partition coefficient (Wildman–Crippen LogP) is 1.67. The molecule has 0 aliphatic rings. The van der Waals surface area contributed by atoms with E-state index >= 15 is 0 Å². The average Bonchev–Trinajstić information content (AvgIpc) is 2.78. The first-order valence-corrected chi connectivity index (χ1v) is 4.49. The molecule has 1 aromatic heterocycles. The van der Waals surface area contributed by atoms with Crippen LogP contribution in [0.5, 0.6) is 0 Å². The van der Waals surface area contributed by atoms with Crippen LogP contribution in [0.1, 0.15) is 11.3 Å². The van der Waals surface area contributed by atoms with Gasteiger partial charge in [-0.25, -0.2) is 0 Å². The lowest BCUT2D eigenvalue weighted by Crippen LogP contribution is -1.92. The molecule has 2 rings (SSSR count). The van der Waals surface area contributed by atoms with Gasteiger partial charge < -0.3 is 10.3 Å². The molecule has 4 nitrogen and oxygen atoms in total. The molecule has 0 radical (unpaired) electrons. The Hall–Kier alpha value is -2.12. The fourth-order valence-corrected chi connectivity index (χ4v) is 1.26. The highest BCUT2D eigenvalue weighted by Gasteiger charge is 2.04. The zero-order chi connectivity index (χ0) is 10.7. The molecule has 74 valence electrons. The number of nitriles is 1. The number of nitrogens with two attached hydrogens (primary N) is 1. The zero-order valence-electron chi connectivity index (χ0n) is 7.97. The Kier molecular flexibility index (Phi) is 2.48. The molecule has 0 aliphatic carbocycles. The SMILES string of the molecule is N#Cc1ccc(-c2cc(CN)on2)cc1. The number of benzene rings is 1. The first-order chi connectivity index (χ1) is 7.33. The maximum absolute atomic E-state index is 8.64. The van der Waals surface area contributed by atoms with Crippen LogP contribution in [-0.4, -0.2) is 5.16 Å². The molecule has 0 bridgehead atoms. The fraction of sp³-hybridized carbons (Fsp3) is 0.0909. The van der Waals surface area contributed by atoms with Crippen LogP contribution in [0.25, 0.3) is 11.3 Å². The molecule has 0 spiro atoms. The van der Waals surface area contributed by atoms with Gasteiger partial charge in [0.2, 0.25) is 0 Å². The lowest BCUT2D eigenvalue weighted by Gasteiger charge is -1.93. The first-order valence-electron chi connectivity index (χ1n) is 4.49. The maximum Gasteiger partial charge on any atom is 0.150 e. The molecular weight excluding hydrogens is 190 g/mol. The molecule has 0 fully saturated rings. The van der Waals surface area contributed by atoms with Crippen LogP contribution in [0.2, 0.25) is 0 Å². The Morgan fingerprint density at radius 3 is 2.60 bits per heavy atom. The third kappa shape index (κ3) is 1.87. The predicted molar refractivity (Wildman–Crippen MR) is 54.5 cm³/mol. The van der Waals surface area contributed by atoms with Gasteiger partial charge in [0.15, 0.2) is 5.76 Å². The summed E-state index contributed by atoms with van der Waals surface area (Å²) in [6, 6.07) is 11.0. The monoisotopic (exact) mass is 199 g/mol. The van der Waals surface area contributed by atoms with E-state index in [1.807, 2.05) is 12.1 Å². The minimum absolute atomic E-state index is 0.337. The van der Waals surface area contributed by atoms with E-state index in [0.29, 0.717) is 17.9 Å². The summed E-state index contributed by atoms with van der Waals surface area (Å²) >= 11 is 0. The van der Waals surface area contributed by atoms with Crippen molar-refractivity contribution >= 4 is 0 Å². The molecule has 0 unspecified atom stereocenters. The number of nitrogens with zero attached hydrogens (tertiary/aromatic N) is 2. The average molecular weight is 199 g/mol. The Labute approximate surface area is 86.9 Å². The van der Waals surface area contributed by atoms with Gasteiger partial charge in [-0.05, 0) is 12.1 Å². The van der Waals surface area contributed by atoms with Crippen LogP contribution in [0, 0.1) is 11.3 Å². The van der Waals surface area contributed by atoms with Gasteiger partial charge in [-0.3, -0.25) is 0 Å². The summed E-state index contributed by atoms with van der Waals surface area (Å²) < 4.78 is 4.98. The van der Waals surface area contributed by atoms with E-state index in [1.54, 1.807) is 18.2 Å². The van der Waals surface area contributed by atoms with Gasteiger partial charge in [0.25, 0.3) is 0 Å². The molecule has 2 N–H and O–H groups in total. The molecule has 0 aliphatic heterocycles. The second kappa shape index (κ2) is 3.95. The second-order valence-electron chi connectivity index (χ2n) is 3.07. The Bertz CT molecular complexity index is 493. The second-order valence-corrected chi connectivity index (χ2v) is 3.07. The molecule has 0 saturated carbocycles. The van der Waals surface area contributed by atoms with Crippen molar-refractivity contribution in [2.75, 3.05) is 0 Å². The van der Waals surface area contributed by atoms with Gasteiger partial charge in [-0.15, -0.1) is 0 Å². The Balaban J connectivity index is 2.33. The minimum Gasteiger partial charge on any atom is -0.359 e. The van der Waals surface area contributed by atoms with Crippen molar-refractivity contribution in [1.29, 1.82) is 5.26 Å². The lowest BCUT2D eigenvalue weighted by molar-refractivity contribution is 0.387. The summed E-state index contributed by atoms with van der Waals surface area (Å²) in [5.41, 5.74) is 7.69. The van der Waals surface area contributed by atoms with Crippen molar-refractivity contribution in [3.63, 3.8) is 0 Å². The van der Waals surface area contributed by atoms with Crippen LogP contribution < -0.4 is 5.73 Å². The van der Waals surface area contributed by atoms with Gasteiger partial charge in [-0.1, -0.05) is 17.3 Å². The van der Waals surface area contributed by atoms with E-state index in [1.165, 1.54) is 0 Å². The summed E-state index contributed by atoms with van der Waals surface area (Å²) in [5.74, 6) is 0.648. The highest BCUT2D eigenvalue weighted by Crippen LogP contribution is 2.19. The van der Waals surface area contributed by atoms with E-state index in [4.69, 9.17) is 15.5 Å². The number of hydrogen-bond donors (Lipinski definition) is 1. The summed E-state index contributed by atoms with van der Waals surface area (Å²) in [5, 5.41) is 12.5. The van der Waals surface area contributed by atoms with Gasteiger partial charge in [0.05, 0.1) is 18.2 Å². The van der Waals surface area contributed by atoms with Gasteiger partial charge in [-0.2, -0.15) is 5.26 Å². The van der Waals surface area contributed by atoms with Crippen molar-refractivity contribution in [3.8, 4) is 17.3 Å². The summed E-state index contributed by atoms with van der Waals surface area (Å²) in [6.07, 6.45) is 0.